The minimum Gasteiger partial charge on any atom is -0.481 e. The van der Waals surface area contributed by atoms with Crippen molar-refractivity contribution < 1.29 is 19.4 Å². The summed E-state index contributed by atoms with van der Waals surface area (Å²) in [5, 5.41) is 8.81. The van der Waals surface area contributed by atoms with E-state index in [1.54, 1.807) is 0 Å². The first-order valence-corrected chi connectivity index (χ1v) is 19.7. The molecule has 1 unspecified atom stereocenters. The molecule has 0 saturated heterocycles. The van der Waals surface area contributed by atoms with Crippen LogP contribution in [0.5, 0.6) is 0 Å². The Bertz CT molecular complexity index is 629. The lowest BCUT2D eigenvalue weighted by Gasteiger charge is -2.18. The van der Waals surface area contributed by atoms with Crippen LogP contribution in [0.3, 0.4) is 0 Å². The predicted octanol–water partition coefficient (Wildman–Crippen LogP) is 13.5. The van der Waals surface area contributed by atoms with Crippen molar-refractivity contribution in [2.75, 3.05) is 0 Å². The average Bonchev–Trinajstić information content (AvgIpc) is 3.00. The lowest BCUT2D eigenvalue weighted by atomic mass is 10.0. The van der Waals surface area contributed by atoms with Crippen LogP contribution in [-0.4, -0.2) is 23.1 Å². The van der Waals surface area contributed by atoms with Crippen LogP contribution in [0.1, 0.15) is 226 Å². The summed E-state index contributed by atoms with van der Waals surface area (Å²) in [6.45, 7) is 4.52. The van der Waals surface area contributed by atoms with E-state index in [2.05, 4.69) is 26.0 Å². The van der Waals surface area contributed by atoms with Gasteiger partial charge in [-0.25, -0.2) is 0 Å². The molecular weight excluding hydrogens is 544 g/mol. The molecule has 0 fully saturated rings. The summed E-state index contributed by atoms with van der Waals surface area (Å²) in [6, 6.07) is 0. The molecule has 0 aliphatic rings. The number of ether oxygens (including phenoxy) is 1. The van der Waals surface area contributed by atoms with E-state index < -0.39 is 5.97 Å². The number of carbonyl (C=O) groups excluding carboxylic acids is 1. The van der Waals surface area contributed by atoms with Crippen LogP contribution in [0.2, 0.25) is 0 Å². The van der Waals surface area contributed by atoms with Gasteiger partial charge in [-0.1, -0.05) is 167 Å². The van der Waals surface area contributed by atoms with Gasteiger partial charge < -0.3 is 9.84 Å². The Labute approximate surface area is 275 Å². The fraction of sp³-hybridized carbons (Fsp3) is 0.900. The molecule has 0 aliphatic heterocycles. The van der Waals surface area contributed by atoms with Gasteiger partial charge in [0.2, 0.25) is 0 Å². The molecule has 4 nitrogen and oxygen atoms in total. The topological polar surface area (TPSA) is 63.6 Å². The maximum atomic E-state index is 12.6. The number of hydrogen-bond acceptors (Lipinski definition) is 3. The standard InChI is InChI=1S/C40H76O4/c1-3-5-7-9-11-13-15-16-17-18-20-21-23-26-30-34-38(35-31-27-25-28-32-36-39(41)42)44-40(43)37-33-29-24-22-19-14-12-10-8-6-4-2/h10,12,38H,3-9,11,13-37H2,1-2H3,(H,41,42)/b12-10-. The number of carboxylic acids is 1. The van der Waals surface area contributed by atoms with Gasteiger partial charge in [0.15, 0.2) is 0 Å². The molecular formula is C40H76O4. The van der Waals surface area contributed by atoms with E-state index in [1.807, 2.05) is 0 Å². The second kappa shape index (κ2) is 36.2. The maximum Gasteiger partial charge on any atom is 0.306 e. The van der Waals surface area contributed by atoms with Crippen LogP contribution in [-0.2, 0) is 14.3 Å². The zero-order chi connectivity index (χ0) is 32.2. The van der Waals surface area contributed by atoms with Crippen molar-refractivity contribution in [1.82, 2.24) is 0 Å². The molecule has 0 saturated carbocycles. The van der Waals surface area contributed by atoms with Gasteiger partial charge in [0.25, 0.3) is 0 Å². The number of aliphatic carboxylic acids is 1. The van der Waals surface area contributed by atoms with E-state index in [0.29, 0.717) is 6.42 Å². The van der Waals surface area contributed by atoms with Crippen LogP contribution < -0.4 is 0 Å². The molecule has 0 amide bonds. The molecule has 0 heterocycles. The van der Waals surface area contributed by atoms with Gasteiger partial charge in [-0.05, 0) is 57.8 Å². The normalized spacial score (nSPS) is 12.2. The highest BCUT2D eigenvalue weighted by molar-refractivity contribution is 5.69. The van der Waals surface area contributed by atoms with E-state index in [4.69, 9.17) is 9.84 Å². The minimum absolute atomic E-state index is 0.00345. The number of carbonyl (C=O) groups is 2. The van der Waals surface area contributed by atoms with Crippen molar-refractivity contribution in [3.05, 3.63) is 12.2 Å². The molecule has 1 N–H and O–H groups in total. The van der Waals surface area contributed by atoms with Crippen LogP contribution >= 0.6 is 0 Å². The molecule has 0 aliphatic carbocycles. The average molecular weight is 621 g/mol. The number of unbranched alkanes of at least 4 members (excludes halogenated alkanes) is 25. The zero-order valence-corrected chi connectivity index (χ0v) is 29.7. The summed E-state index contributed by atoms with van der Waals surface area (Å²) in [5.74, 6) is -0.702. The second-order valence-electron chi connectivity index (χ2n) is 13.5. The molecule has 0 aromatic rings. The van der Waals surface area contributed by atoms with Crippen molar-refractivity contribution in [2.45, 2.75) is 232 Å². The van der Waals surface area contributed by atoms with Crippen molar-refractivity contribution in [2.24, 2.45) is 0 Å². The molecule has 1 atom stereocenters. The summed E-state index contributed by atoms with van der Waals surface area (Å²) >= 11 is 0. The monoisotopic (exact) mass is 621 g/mol. The Morgan fingerprint density at radius 2 is 0.841 bits per heavy atom. The SMILES string of the molecule is CCCC/C=C\CCCCCCCC(=O)OC(CCCCCCCCCCCCCCCCC)CCCCCCCC(=O)O. The van der Waals surface area contributed by atoms with Crippen LogP contribution in [0.15, 0.2) is 12.2 Å². The van der Waals surface area contributed by atoms with Gasteiger partial charge in [0.05, 0.1) is 0 Å². The summed E-state index contributed by atoms with van der Waals surface area (Å²) < 4.78 is 5.99. The van der Waals surface area contributed by atoms with E-state index in [1.165, 1.54) is 135 Å². The first-order chi connectivity index (χ1) is 21.6. The third-order valence-corrected chi connectivity index (χ3v) is 8.99. The minimum atomic E-state index is -0.699. The van der Waals surface area contributed by atoms with Crippen LogP contribution in [0, 0.1) is 0 Å². The second-order valence-corrected chi connectivity index (χ2v) is 13.5. The molecule has 0 radical (unpaired) electrons. The van der Waals surface area contributed by atoms with Crippen molar-refractivity contribution in [1.29, 1.82) is 0 Å². The predicted molar refractivity (Wildman–Crippen MR) is 190 cm³/mol. The van der Waals surface area contributed by atoms with E-state index >= 15 is 0 Å². The summed E-state index contributed by atoms with van der Waals surface area (Å²) in [7, 11) is 0. The Kier molecular flexibility index (Phi) is 35.1. The molecule has 0 spiro atoms. The van der Waals surface area contributed by atoms with Gasteiger partial charge in [0, 0.05) is 12.8 Å². The van der Waals surface area contributed by atoms with Crippen molar-refractivity contribution >= 4 is 11.9 Å². The van der Waals surface area contributed by atoms with E-state index in [9.17, 15) is 9.59 Å². The van der Waals surface area contributed by atoms with Crippen molar-refractivity contribution in [3.63, 3.8) is 0 Å². The Balaban J connectivity index is 4.02. The quantitative estimate of drug-likeness (QED) is 0.0430. The number of rotatable bonds is 36. The van der Waals surface area contributed by atoms with E-state index in [0.717, 1.165) is 64.2 Å². The molecule has 260 valence electrons. The molecule has 0 aromatic heterocycles. The first kappa shape index (κ1) is 42.7. The molecule has 44 heavy (non-hydrogen) atoms. The van der Waals surface area contributed by atoms with Crippen molar-refractivity contribution in [3.8, 4) is 0 Å². The Morgan fingerprint density at radius 3 is 1.30 bits per heavy atom. The lowest BCUT2D eigenvalue weighted by molar-refractivity contribution is -0.150. The molecule has 0 rings (SSSR count). The first-order valence-electron chi connectivity index (χ1n) is 19.7. The van der Waals surface area contributed by atoms with Gasteiger partial charge in [-0.2, -0.15) is 0 Å². The summed E-state index contributed by atoms with van der Waals surface area (Å²) in [5.41, 5.74) is 0. The highest BCUT2D eigenvalue weighted by Crippen LogP contribution is 2.19. The van der Waals surface area contributed by atoms with Crippen LogP contribution in [0.4, 0.5) is 0 Å². The lowest BCUT2D eigenvalue weighted by Crippen LogP contribution is -2.18. The highest BCUT2D eigenvalue weighted by Gasteiger charge is 2.14. The third-order valence-electron chi connectivity index (χ3n) is 8.99. The fourth-order valence-electron chi connectivity index (χ4n) is 6.05. The smallest absolute Gasteiger partial charge is 0.306 e. The van der Waals surface area contributed by atoms with Crippen LogP contribution in [0.25, 0.3) is 0 Å². The Morgan fingerprint density at radius 1 is 0.477 bits per heavy atom. The fourth-order valence-corrected chi connectivity index (χ4v) is 6.05. The molecule has 0 aromatic carbocycles. The maximum absolute atomic E-state index is 12.6. The highest BCUT2D eigenvalue weighted by atomic mass is 16.5. The summed E-state index contributed by atoms with van der Waals surface area (Å²) in [4.78, 5) is 23.3. The molecule has 4 heteroatoms. The van der Waals surface area contributed by atoms with Gasteiger partial charge >= 0.3 is 11.9 Å². The Hall–Kier alpha value is -1.32. The number of allylic oxidation sites excluding steroid dienone is 2. The van der Waals surface area contributed by atoms with Gasteiger partial charge in [-0.3, -0.25) is 9.59 Å². The number of esters is 1. The summed E-state index contributed by atoms with van der Waals surface area (Å²) in [6.07, 6.45) is 43.7. The van der Waals surface area contributed by atoms with Gasteiger partial charge in [0.1, 0.15) is 6.10 Å². The number of hydrogen-bond donors (Lipinski definition) is 1. The molecule has 0 bridgehead atoms. The van der Waals surface area contributed by atoms with E-state index in [-0.39, 0.29) is 18.5 Å². The largest absolute Gasteiger partial charge is 0.481 e. The third kappa shape index (κ3) is 35.2. The van der Waals surface area contributed by atoms with Gasteiger partial charge in [-0.15, -0.1) is 0 Å². The number of carboxylic acid groups (broad SMARTS) is 1. The zero-order valence-electron chi connectivity index (χ0n) is 29.7.